The third-order valence-electron chi connectivity index (χ3n) is 2.60. The van der Waals surface area contributed by atoms with Gasteiger partial charge in [-0.1, -0.05) is 78.3 Å². The van der Waals surface area contributed by atoms with Crippen molar-refractivity contribution in [3.63, 3.8) is 0 Å². The maximum absolute atomic E-state index is 5.54. The van der Waals surface area contributed by atoms with Crippen LogP contribution in [-0.4, -0.2) is 0 Å². The molecule has 2 N–H and O–H groups in total. The average Bonchev–Trinajstić information content (AvgIpc) is 2.47. The zero-order valence-corrected chi connectivity index (χ0v) is 14.3. The number of hydrogen-bond acceptors (Lipinski definition) is 1. The van der Waals surface area contributed by atoms with Gasteiger partial charge in [-0.3, -0.25) is 0 Å². The van der Waals surface area contributed by atoms with E-state index in [1.165, 1.54) is 24.0 Å². The molecule has 0 atom stereocenters. The van der Waals surface area contributed by atoms with Gasteiger partial charge in [-0.15, -0.1) is 0 Å². The fourth-order valence-corrected chi connectivity index (χ4v) is 1.67. The van der Waals surface area contributed by atoms with Crippen LogP contribution in [0.1, 0.15) is 64.2 Å². The molecule has 0 bridgehead atoms. The Bertz CT molecular complexity index is 389. The van der Waals surface area contributed by atoms with E-state index in [4.69, 9.17) is 5.73 Å². The van der Waals surface area contributed by atoms with E-state index in [1.54, 1.807) is 12.3 Å². The highest BCUT2D eigenvalue weighted by molar-refractivity contribution is 5.73. The van der Waals surface area contributed by atoms with Crippen molar-refractivity contribution >= 4 is 5.57 Å². The second-order valence-electron chi connectivity index (χ2n) is 4.42. The number of allylic oxidation sites excluding steroid dienone is 2. The van der Waals surface area contributed by atoms with Crippen molar-refractivity contribution in [3.8, 4) is 0 Å². The Morgan fingerprint density at radius 2 is 1.75 bits per heavy atom. The van der Waals surface area contributed by atoms with Crippen molar-refractivity contribution < 1.29 is 0 Å². The summed E-state index contributed by atoms with van der Waals surface area (Å²) in [6.45, 7) is 16.3. The molecule has 0 aliphatic heterocycles. The van der Waals surface area contributed by atoms with Crippen LogP contribution in [0.4, 0.5) is 0 Å². The van der Waals surface area contributed by atoms with E-state index in [2.05, 4.69) is 52.5 Å². The summed E-state index contributed by atoms with van der Waals surface area (Å²) in [4.78, 5) is 0. The van der Waals surface area contributed by atoms with Gasteiger partial charge in [0.15, 0.2) is 0 Å². The summed E-state index contributed by atoms with van der Waals surface area (Å²) in [5.41, 5.74) is 10.4. The normalized spacial score (nSPS) is 9.80. The molecule has 0 spiro atoms. The first kappa shape index (κ1) is 20.8. The summed E-state index contributed by atoms with van der Waals surface area (Å²) >= 11 is 0. The van der Waals surface area contributed by atoms with Gasteiger partial charge in [0.1, 0.15) is 0 Å². The predicted molar refractivity (Wildman–Crippen MR) is 94.8 cm³/mol. The Kier molecular flexibility index (Phi) is 14.5. The lowest BCUT2D eigenvalue weighted by Crippen LogP contribution is -1.93. The molecule has 0 saturated heterocycles. The van der Waals surface area contributed by atoms with Crippen LogP contribution in [0.15, 0.2) is 37.1 Å². The first-order valence-electron chi connectivity index (χ1n) is 7.78. The zero-order chi connectivity index (χ0) is 16.0. The summed E-state index contributed by atoms with van der Waals surface area (Å²) in [6.07, 6.45) is 6.93. The van der Waals surface area contributed by atoms with Gasteiger partial charge in [-0.2, -0.15) is 0 Å². The summed E-state index contributed by atoms with van der Waals surface area (Å²) in [5.74, 6) is 0. The van der Waals surface area contributed by atoms with Gasteiger partial charge in [0, 0.05) is 6.20 Å². The van der Waals surface area contributed by atoms with Crippen LogP contribution < -0.4 is 5.73 Å². The van der Waals surface area contributed by atoms with E-state index in [0.717, 1.165) is 17.6 Å². The predicted octanol–water partition coefficient (Wildman–Crippen LogP) is 5.88. The van der Waals surface area contributed by atoms with E-state index in [9.17, 15) is 0 Å². The van der Waals surface area contributed by atoms with Crippen LogP contribution >= 0.6 is 0 Å². The third kappa shape index (κ3) is 7.83. The second kappa shape index (κ2) is 13.9. The highest BCUT2D eigenvalue weighted by Gasteiger charge is 2.01. The first-order chi connectivity index (χ1) is 9.64. The molecule has 0 unspecified atom stereocenters. The summed E-state index contributed by atoms with van der Waals surface area (Å²) in [7, 11) is 0. The molecule has 1 aromatic rings. The molecule has 0 amide bonds. The van der Waals surface area contributed by atoms with E-state index < -0.39 is 0 Å². The molecule has 0 saturated carbocycles. The average molecular weight is 275 g/mol. The Balaban J connectivity index is 0. The highest BCUT2D eigenvalue weighted by Crippen LogP contribution is 2.19. The van der Waals surface area contributed by atoms with Gasteiger partial charge in [0.2, 0.25) is 0 Å². The van der Waals surface area contributed by atoms with Crippen molar-refractivity contribution in [2.24, 2.45) is 5.73 Å². The summed E-state index contributed by atoms with van der Waals surface area (Å²) < 4.78 is 0. The minimum atomic E-state index is 0.993. The molecule has 20 heavy (non-hydrogen) atoms. The molecule has 0 aliphatic rings. The standard InChI is InChI=1S/C14H19N.C3H8.C2H6/c1-4-6-13-9-14(8-7-11(13)3)12(5-2)10-15;1-3-2;1-2/h5,7-10H,2,4,6,15H2,1,3H3;3H2,1-2H3;1-2H3/b12-10+;;. The largest absolute Gasteiger partial charge is 0.404 e. The number of rotatable bonds is 4. The molecule has 0 aromatic heterocycles. The Morgan fingerprint density at radius 3 is 2.15 bits per heavy atom. The lowest BCUT2D eigenvalue weighted by molar-refractivity contribution is 0.912. The molecule has 1 nitrogen and oxygen atoms in total. The molecular weight excluding hydrogens is 242 g/mol. The van der Waals surface area contributed by atoms with Gasteiger partial charge in [-0.05, 0) is 35.6 Å². The van der Waals surface area contributed by atoms with Gasteiger partial charge in [-0.25, -0.2) is 0 Å². The monoisotopic (exact) mass is 275 g/mol. The van der Waals surface area contributed by atoms with Crippen LogP contribution in [0.3, 0.4) is 0 Å². The van der Waals surface area contributed by atoms with Crippen LogP contribution in [0.5, 0.6) is 0 Å². The fourth-order valence-electron chi connectivity index (χ4n) is 1.67. The molecule has 1 aromatic carbocycles. The van der Waals surface area contributed by atoms with E-state index in [-0.39, 0.29) is 0 Å². The van der Waals surface area contributed by atoms with Gasteiger partial charge in [0.25, 0.3) is 0 Å². The minimum Gasteiger partial charge on any atom is -0.404 e. The maximum Gasteiger partial charge on any atom is 0.00173 e. The molecule has 0 radical (unpaired) electrons. The number of aryl methyl sites for hydroxylation is 2. The lowest BCUT2D eigenvalue weighted by Gasteiger charge is -2.08. The van der Waals surface area contributed by atoms with Crippen LogP contribution in [-0.2, 0) is 6.42 Å². The maximum atomic E-state index is 5.54. The van der Waals surface area contributed by atoms with Crippen molar-refractivity contribution in [1.82, 2.24) is 0 Å². The number of hydrogen-bond donors (Lipinski definition) is 1. The molecule has 1 rings (SSSR count). The number of benzene rings is 1. The van der Waals surface area contributed by atoms with E-state index >= 15 is 0 Å². The Morgan fingerprint density at radius 1 is 1.20 bits per heavy atom. The molecule has 0 fully saturated rings. The zero-order valence-electron chi connectivity index (χ0n) is 14.3. The fraction of sp³-hybridized carbons (Fsp3) is 0.474. The third-order valence-corrected chi connectivity index (χ3v) is 2.60. The topological polar surface area (TPSA) is 26.0 Å². The summed E-state index contributed by atoms with van der Waals surface area (Å²) in [6, 6.07) is 6.45. The Hall–Kier alpha value is -1.50. The smallest absolute Gasteiger partial charge is 0.00173 e. The van der Waals surface area contributed by atoms with Crippen LogP contribution in [0.2, 0.25) is 0 Å². The van der Waals surface area contributed by atoms with E-state index in [0.29, 0.717) is 0 Å². The van der Waals surface area contributed by atoms with Crippen LogP contribution in [0.25, 0.3) is 5.57 Å². The lowest BCUT2D eigenvalue weighted by atomic mass is 9.98. The second-order valence-corrected chi connectivity index (χ2v) is 4.42. The van der Waals surface area contributed by atoms with Crippen molar-refractivity contribution in [2.75, 3.05) is 0 Å². The summed E-state index contributed by atoms with van der Waals surface area (Å²) in [5, 5.41) is 0. The van der Waals surface area contributed by atoms with Gasteiger partial charge in [0.05, 0.1) is 0 Å². The highest BCUT2D eigenvalue weighted by atomic mass is 14.5. The number of nitrogens with two attached hydrogens (primary N) is 1. The molecule has 114 valence electrons. The first-order valence-corrected chi connectivity index (χ1v) is 7.78. The minimum absolute atomic E-state index is 0.993. The van der Waals surface area contributed by atoms with Crippen molar-refractivity contribution in [1.29, 1.82) is 0 Å². The molecule has 1 heteroatoms. The Labute approximate surface area is 126 Å². The van der Waals surface area contributed by atoms with Gasteiger partial charge < -0.3 is 5.73 Å². The van der Waals surface area contributed by atoms with E-state index in [1.807, 2.05) is 13.8 Å². The molecule has 0 aliphatic carbocycles. The molecular formula is C19H33N. The SMILES string of the molecule is C=C/C(=C\N)c1ccc(C)c(CCC)c1.CC.CCC. The van der Waals surface area contributed by atoms with Crippen LogP contribution in [0, 0.1) is 6.92 Å². The molecule has 0 heterocycles. The van der Waals surface area contributed by atoms with Crippen molar-refractivity contribution in [3.05, 3.63) is 53.7 Å². The quantitative estimate of drug-likeness (QED) is 0.683. The van der Waals surface area contributed by atoms with Gasteiger partial charge >= 0.3 is 0 Å². The van der Waals surface area contributed by atoms with Crippen molar-refractivity contribution in [2.45, 2.75) is 60.8 Å².